The van der Waals surface area contributed by atoms with Crippen LogP contribution in [0.4, 0.5) is 34.1 Å². The van der Waals surface area contributed by atoms with Crippen molar-refractivity contribution in [1.82, 2.24) is 0 Å². The molecule has 0 atom stereocenters. The molecular formula is C66H44N2. The minimum Gasteiger partial charge on any atom is -0.310 e. The van der Waals surface area contributed by atoms with E-state index < -0.39 is 10.8 Å². The first-order chi connectivity index (χ1) is 33.8. The maximum Gasteiger partial charge on any atom is 0.0755 e. The molecule has 1 heterocycles. The summed E-state index contributed by atoms with van der Waals surface area (Å²) in [5.74, 6) is 0. The molecule has 1 aliphatic heterocycles. The Morgan fingerprint density at radius 3 is 1.46 bits per heavy atom. The fraction of sp³-hybridized carbons (Fsp3) is 0.0303. The van der Waals surface area contributed by atoms with Gasteiger partial charge in [0, 0.05) is 22.6 Å². The van der Waals surface area contributed by atoms with Crippen LogP contribution in [0.5, 0.6) is 0 Å². The molecule has 0 unspecified atom stereocenters. The SMILES string of the molecule is c1ccc(N2c3ccccc3C3(c4ccccc4-c4c(N(c5ccc6c(c5)C(c5ccccc5)(c5ccccc5)c5ccccc5-6)c5ccc6ccccc6c5)cccc43)c3ccccc32)cc1. The zero-order valence-electron chi connectivity index (χ0n) is 37.3. The molecule has 1 spiro atoms. The molecule has 0 radical (unpaired) electrons. The van der Waals surface area contributed by atoms with Gasteiger partial charge < -0.3 is 9.80 Å². The van der Waals surface area contributed by atoms with E-state index in [1.807, 2.05) is 0 Å². The van der Waals surface area contributed by atoms with Crippen molar-refractivity contribution in [1.29, 1.82) is 0 Å². The summed E-state index contributed by atoms with van der Waals surface area (Å²) in [6, 6.07) is 99.4. The number of nitrogens with zero attached hydrogens (tertiary/aromatic N) is 2. The summed E-state index contributed by atoms with van der Waals surface area (Å²) in [5.41, 5.74) is 21.0. The number of rotatable bonds is 6. The van der Waals surface area contributed by atoms with Crippen LogP contribution in [0.25, 0.3) is 33.0 Å². The number of benzene rings is 11. The topological polar surface area (TPSA) is 6.48 Å². The van der Waals surface area contributed by atoms with Crippen LogP contribution in [0.1, 0.15) is 44.5 Å². The van der Waals surface area contributed by atoms with Crippen molar-refractivity contribution in [3.63, 3.8) is 0 Å². The van der Waals surface area contributed by atoms with E-state index in [1.165, 1.54) is 88.9 Å². The van der Waals surface area contributed by atoms with Crippen molar-refractivity contribution in [3.8, 4) is 22.3 Å². The highest BCUT2D eigenvalue weighted by atomic mass is 15.2. The Bertz CT molecular complexity index is 3670. The lowest BCUT2D eigenvalue weighted by Crippen LogP contribution is -2.36. The standard InChI is InChI=1S/C66H44N2/c1-4-23-47(24-5-1)65(48-25-6-2-7-26-48)55-31-14-12-29-52(55)53-42-41-51(44-60(53)65)67(50-40-39-45-21-10-11-22-46(45)43-50)63-38-20-35-59-64(63)54-30-13-15-32-56(54)66(59)57-33-16-18-36-61(57)68(49-27-8-3-9-28-49)62-37-19-17-34-58(62)66/h1-44H. The molecule has 2 aliphatic carbocycles. The molecule has 0 fully saturated rings. The van der Waals surface area contributed by atoms with E-state index in [4.69, 9.17) is 0 Å². The number of anilines is 6. The van der Waals surface area contributed by atoms with E-state index in [-0.39, 0.29) is 0 Å². The number of hydrogen-bond acceptors (Lipinski definition) is 2. The number of hydrogen-bond donors (Lipinski definition) is 0. The van der Waals surface area contributed by atoms with Crippen molar-refractivity contribution < 1.29 is 0 Å². The summed E-state index contributed by atoms with van der Waals surface area (Å²) in [4.78, 5) is 5.00. The molecule has 0 saturated heterocycles. The summed E-state index contributed by atoms with van der Waals surface area (Å²) in [5, 5.41) is 2.42. The number of fused-ring (bicyclic) bond motifs is 13. The minimum atomic E-state index is -0.592. The molecule has 11 aromatic rings. The third-order valence-electron chi connectivity index (χ3n) is 15.1. The predicted octanol–water partition coefficient (Wildman–Crippen LogP) is 16.8. The average molecular weight is 865 g/mol. The highest BCUT2D eigenvalue weighted by Gasteiger charge is 2.53. The van der Waals surface area contributed by atoms with Crippen LogP contribution in [0.15, 0.2) is 267 Å². The van der Waals surface area contributed by atoms with E-state index in [1.54, 1.807) is 0 Å². The predicted molar refractivity (Wildman–Crippen MR) is 281 cm³/mol. The minimum absolute atomic E-state index is 0.547. The Kier molecular flexibility index (Phi) is 8.45. The van der Waals surface area contributed by atoms with Gasteiger partial charge in [0.2, 0.25) is 0 Å². The van der Waals surface area contributed by atoms with Gasteiger partial charge in [-0.2, -0.15) is 0 Å². The van der Waals surface area contributed by atoms with Gasteiger partial charge in [0.15, 0.2) is 0 Å². The lowest BCUT2D eigenvalue weighted by atomic mass is 9.64. The van der Waals surface area contributed by atoms with Crippen molar-refractivity contribution in [2.45, 2.75) is 10.8 Å². The van der Waals surface area contributed by atoms with Gasteiger partial charge in [0.1, 0.15) is 0 Å². The molecule has 0 N–H and O–H groups in total. The molecule has 3 aliphatic rings. The van der Waals surface area contributed by atoms with Gasteiger partial charge in [0.25, 0.3) is 0 Å². The molecule has 0 amide bonds. The fourth-order valence-corrected chi connectivity index (χ4v) is 12.5. The van der Waals surface area contributed by atoms with Crippen LogP contribution in [-0.4, -0.2) is 0 Å². The number of para-hydroxylation sites is 3. The van der Waals surface area contributed by atoms with E-state index in [0.29, 0.717) is 0 Å². The van der Waals surface area contributed by atoms with Gasteiger partial charge >= 0.3 is 0 Å². The van der Waals surface area contributed by atoms with E-state index >= 15 is 0 Å². The maximum atomic E-state index is 2.54. The van der Waals surface area contributed by atoms with E-state index in [9.17, 15) is 0 Å². The van der Waals surface area contributed by atoms with E-state index in [2.05, 4.69) is 277 Å². The molecule has 0 aromatic heterocycles. The fourth-order valence-electron chi connectivity index (χ4n) is 12.5. The van der Waals surface area contributed by atoms with Crippen molar-refractivity contribution in [2.75, 3.05) is 9.80 Å². The zero-order valence-corrected chi connectivity index (χ0v) is 37.3. The monoisotopic (exact) mass is 864 g/mol. The molecule has 0 bridgehead atoms. The Hall–Kier alpha value is -8.72. The molecule has 11 aromatic carbocycles. The largest absolute Gasteiger partial charge is 0.310 e. The van der Waals surface area contributed by atoms with Crippen LogP contribution in [0, 0.1) is 0 Å². The van der Waals surface area contributed by atoms with Gasteiger partial charge in [0.05, 0.1) is 27.9 Å². The second-order valence-corrected chi connectivity index (χ2v) is 18.3. The quantitative estimate of drug-likeness (QED) is 0.164. The van der Waals surface area contributed by atoms with Gasteiger partial charge in [-0.1, -0.05) is 212 Å². The van der Waals surface area contributed by atoms with Crippen LogP contribution >= 0.6 is 0 Å². The van der Waals surface area contributed by atoms with Crippen LogP contribution in [0.3, 0.4) is 0 Å². The molecule has 2 heteroatoms. The summed E-state index contributed by atoms with van der Waals surface area (Å²) >= 11 is 0. The highest BCUT2D eigenvalue weighted by Crippen LogP contribution is 2.65. The molecule has 68 heavy (non-hydrogen) atoms. The Morgan fingerprint density at radius 1 is 0.294 bits per heavy atom. The van der Waals surface area contributed by atoms with Crippen LogP contribution in [0.2, 0.25) is 0 Å². The normalized spacial score (nSPS) is 14.1. The Labute approximate surface area is 397 Å². The van der Waals surface area contributed by atoms with Gasteiger partial charge in [-0.05, 0) is 127 Å². The van der Waals surface area contributed by atoms with Crippen LogP contribution in [-0.2, 0) is 10.8 Å². The Balaban J connectivity index is 1.07. The first-order valence-corrected chi connectivity index (χ1v) is 23.7. The molecule has 2 nitrogen and oxygen atoms in total. The summed E-state index contributed by atoms with van der Waals surface area (Å²) in [6.45, 7) is 0. The first-order valence-electron chi connectivity index (χ1n) is 23.7. The second kappa shape index (κ2) is 14.9. The summed E-state index contributed by atoms with van der Waals surface area (Å²) in [7, 11) is 0. The van der Waals surface area contributed by atoms with Crippen molar-refractivity contribution in [2.24, 2.45) is 0 Å². The van der Waals surface area contributed by atoms with Crippen molar-refractivity contribution in [3.05, 3.63) is 311 Å². The molecular weight excluding hydrogens is 821 g/mol. The third kappa shape index (κ3) is 5.23. The average Bonchev–Trinajstić information content (AvgIpc) is 3.88. The van der Waals surface area contributed by atoms with Gasteiger partial charge in [-0.15, -0.1) is 0 Å². The van der Waals surface area contributed by atoms with Crippen LogP contribution < -0.4 is 9.80 Å². The first kappa shape index (κ1) is 38.5. The Morgan fingerprint density at radius 2 is 0.779 bits per heavy atom. The van der Waals surface area contributed by atoms with Gasteiger partial charge in [-0.3, -0.25) is 0 Å². The molecule has 0 saturated carbocycles. The smallest absolute Gasteiger partial charge is 0.0755 e. The lowest BCUT2D eigenvalue weighted by molar-refractivity contribution is 0.752. The highest BCUT2D eigenvalue weighted by molar-refractivity contribution is 6.02. The molecule has 318 valence electrons. The summed E-state index contributed by atoms with van der Waals surface area (Å²) < 4.78 is 0. The lowest BCUT2D eigenvalue weighted by Gasteiger charge is -2.45. The second-order valence-electron chi connectivity index (χ2n) is 18.3. The van der Waals surface area contributed by atoms with Crippen molar-refractivity contribution >= 4 is 44.9 Å². The van der Waals surface area contributed by atoms with Gasteiger partial charge in [-0.25, -0.2) is 0 Å². The van der Waals surface area contributed by atoms with E-state index in [0.717, 1.165) is 22.7 Å². The molecule has 14 rings (SSSR count). The maximum absolute atomic E-state index is 2.54. The summed E-state index contributed by atoms with van der Waals surface area (Å²) in [6.07, 6.45) is 0. The zero-order chi connectivity index (χ0) is 44.8. The third-order valence-corrected chi connectivity index (χ3v) is 15.1.